The summed E-state index contributed by atoms with van der Waals surface area (Å²) >= 11 is 5.25. The first kappa shape index (κ1) is 24.5. The number of unbranched alkanes of at least 4 members (excludes halogenated alkanes) is 1. The second-order valence-corrected chi connectivity index (χ2v) is 8.16. The van der Waals surface area contributed by atoms with E-state index in [1.54, 1.807) is 30.3 Å². The molecule has 0 spiro atoms. The lowest BCUT2D eigenvalue weighted by atomic mass is 10.1. The molecule has 0 aliphatic carbocycles. The summed E-state index contributed by atoms with van der Waals surface area (Å²) in [6.07, 6.45) is 3.10. The van der Waals surface area contributed by atoms with E-state index in [0.717, 1.165) is 10.5 Å². The van der Waals surface area contributed by atoms with Gasteiger partial charge in [-0.1, -0.05) is 11.6 Å². The third-order valence-electron chi connectivity index (χ3n) is 4.47. The van der Waals surface area contributed by atoms with Crippen LogP contribution in [0.2, 0.25) is 0 Å². The average Bonchev–Trinajstić information content (AvgIpc) is 2.72. The van der Waals surface area contributed by atoms with Crippen molar-refractivity contribution in [1.29, 1.82) is 0 Å². The number of thioether (sulfide) groups is 1. The van der Waals surface area contributed by atoms with Crippen molar-refractivity contribution in [2.24, 2.45) is 0 Å². The second kappa shape index (κ2) is 11.6. The van der Waals surface area contributed by atoms with Crippen molar-refractivity contribution in [1.82, 2.24) is 0 Å². The fourth-order valence-corrected chi connectivity index (χ4v) is 3.50. The van der Waals surface area contributed by atoms with E-state index in [4.69, 9.17) is 0 Å². The Hall–Kier alpha value is -2.78. The van der Waals surface area contributed by atoms with E-state index < -0.39 is 11.1 Å². The Bertz CT molecular complexity index is 1010. The minimum atomic E-state index is -1.11. The molecule has 0 heterocycles. The molecule has 0 saturated carbocycles. The van der Waals surface area contributed by atoms with Gasteiger partial charge in [-0.25, -0.2) is 4.79 Å². The van der Waals surface area contributed by atoms with Gasteiger partial charge in [0.15, 0.2) is 0 Å². The number of hydrogen-bond acceptors (Lipinski definition) is 5. The van der Waals surface area contributed by atoms with Gasteiger partial charge in [0.25, 0.3) is 0 Å². The number of benzene rings is 2. The van der Waals surface area contributed by atoms with Gasteiger partial charge in [-0.05, 0) is 56.4 Å². The number of carbonyl (C=O) groups excluding carboxylic acids is 3. The van der Waals surface area contributed by atoms with Crippen molar-refractivity contribution in [3.8, 4) is 0 Å². The summed E-state index contributed by atoms with van der Waals surface area (Å²) in [5.41, 5.74) is 1.90. The zero-order chi connectivity index (χ0) is 23.0. The molecule has 2 aromatic carbocycles. The molecule has 164 valence electrons. The van der Waals surface area contributed by atoms with Crippen LogP contribution in [0.4, 0.5) is 11.4 Å². The summed E-state index contributed by atoms with van der Waals surface area (Å²) in [6, 6.07) is 9.94. The van der Waals surface area contributed by atoms with Crippen molar-refractivity contribution in [2.45, 2.75) is 37.5 Å². The molecule has 2 aromatic rings. The van der Waals surface area contributed by atoms with Crippen LogP contribution in [0, 0.1) is 6.92 Å². The molecular formula is C22H24N2O5S2. The van der Waals surface area contributed by atoms with Gasteiger partial charge in [0.1, 0.15) is 0 Å². The van der Waals surface area contributed by atoms with E-state index in [1.165, 1.54) is 17.8 Å². The number of aromatic carboxylic acids is 1. The topological polar surface area (TPSA) is 113 Å². The molecule has 0 radical (unpaired) electrons. The van der Waals surface area contributed by atoms with Crippen molar-refractivity contribution in [3.05, 3.63) is 53.1 Å². The minimum Gasteiger partial charge on any atom is -0.478 e. The molecule has 0 unspecified atom stereocenters. The minimum absolute atomic E-state index is 0.0345. The fourth-order valence-electron chi connectivity index (χ4n) is 2.88. The Morgan fingerprint density at radius 3 is 1.97 bits per heavy atom. The lowest BCUT2D eigenvalue weighted by Gasteiger charge is -2.11. The van der Waals surface area contributed by atoms with Gasteiger partial charge in [-0.3, -0.25) is 14.4 Å². The van der Waals surface area contributed by atoms with Crippen LogP contribution in [-0.4, -0.2) is 34.3 Å². The molecule has 2 rings (SSSR count). The summed E-state index contributed by atoms with van der Waals surface area (Å²) < 4.78 is 0. The van der Waals surface area contributed by atoms with Crippen LogP contribution < -0.4 is 10.6 Å². The molecule has 9 heteroatoms. The van der Waals surface area contributed by atoms with Crippen LogP contribution in [0.15, 0.2) is 41.3 Å². The highest BCUT2D eigenvalue weighted by Gasteiger charge is 2.14. The van der Waals surface area contributed by atoms with Crippen LogP contribution in [0.5, 0.6) is 0 Å². The van der Waals surface area contributed by atoms with Crippen LogP contribution >= 0.6 is 24.4 Å². The molecule has 0 aliphatic heterocycles. The highest BCUT2D eigenvalue weighted by atomic mass is 32.2. The Morgan fingerprint density at radius 2 is 1.45 bits per heavy atom. The highest BCUT2D eigenvalue weighted by molar-refractivity contribution is 7.98. The van der Waals surface area contributed by atoms with E-state index >= 15 is 0 Å². The standard InChI is InChI=1S/C22H24N2O5S2/c1-13-7-9-18(16(11-13)22(29)30)24-20(26)6-4-3-5-19(25)23-17-10-8-14(31-2)12-15(17)21(27)28/h7-12H,3-6H2,1-2H3,(H,23,25)(H,24,26)(H,27,28)(H,29,30). The smallest absolute Gasteiger partial charge is 0.337 e. The normalized spacial score (nSPS) is 10.4. The maximum absolute atomic E-state index is 12.2. The van der Waals surface area contributed by atoms with Crippen molar-refractivity contribution >= 4 is 58.7 Å². The molecule has 0 bridgehead atoms. The summed E-state index contributed by atoms with van der Waals surface area (Å²) in [4.78, 5) is 48.2. The predicted octanol–water partition coefficient (Wildman–Crippen LogP) is 4.62. The number of carbonyl (C=O) groups is 4. The Morgan fingerprint density at radius 1 is 0.903 bits per heavy atom. The zero-order valence-electron chi connectivity index (χ0n) is 17.2. The van der Waals surface area contributed by atoms with Gasteiger partial charge in [0.05, 0.1) is 22.5 Å². The molecule has 0 aliphatic rings. The van der Waals surface area contributed by atoms with E-state index in [2.05, 4.69) is 23.3 Å². The first-order valence-electron chi connectivity index (χ1n) is 9.56. The Kier molecular flexibility index (Phi) is 9.14. The van der Waals surface area contributed by atoms with E-state index in [1.807, 2.05) is 13.2 Å². The second-order valence-electron chi connectivity index (χ2n) is 6.87. The molecule has 0 aromatic heterocycles. The summed E-state index contributed by atoms with van der Waals surface area (Å²) in [5.74, 6) is -1.69. The van der Waals surface area contributed by atoms with Gasteiger partial charge in [0, 0.05) is 17.7 Å². The Labute approximate surface area is 190 Å². The average molecular weight is 461 g/mol. The van der Waals surface area contributed by atoms with E-state index in [9.17, 15) is 24.3 Å². The maximum atomic E-state index is 12.2. The van der Waals surface area contributed by atoms with E-state index in [-0.39, 0.29) is 35.9 Å². The van der Waals surface area contributed by atoms with Crippen molar-refractivity contribution in [2.75, 3.05) is 16.9 Å². The molecular weight excluding hydrogens is 436 g/mol. The van der Waals surface area contributed by atoms with E-state index in [0.29, 0.717) is 24.1 Å². The molecule has 2 amide bonds. The number of aryl methyl sites for hydroxylation is 1. The predicted molar refractivity (Wildman–Crippen MR) is 125 cm³/mol. The number of nitrogens with one attached hydrogen (secondary N) is 2. The third kappa shape index (κ3) is 7.45. The fraction of sp³-hybridized carbons (Fsp3) is 0.273. The zero-order valence-corrected chi connectivity index (χ0v) is 18.9. The van der Waals surface area contributed by atoms with Crippen LogP contribution in [-0.2, 0) is 9.59 Å². The van der Waals surface area contributed by atoms with Gasteiger partial charge < -0.3 is 15.7 Å². The lowest BCUT2D eigenvalue weighted by Crippen LogP contribution is -2.16. The first-order chi connectivity index (χ1) is 14.7. The van der Waals surface area contributed by atoms with Crippen molar-refractivity contribution in [3.63, 3.8) is 0 Å². The van der Waals surface area contributed by atoms with Crippen molar-refractivity contribution < 1.29 is 24.3 Å². The molecule has 0 saturated heterocycles. The monoisotopic (exact) mass is 460 g/mol. The number of hydrogen-bond donors (Lipinski definition) is 4. The lowest BCUT2D eigenvalue weighted by molar-refractivity contribution is -0.118. The van der Waals surface area contributed by atoms with Gasteiger partial charge >= 0.3 is 5.97 Å². The number of anilines is 2. The molecule has 0 atom stereocenters. The number of thiol groups is 1. The number of carboxylic acid groups (broad SMARTS) is 1. The van der Waals surface area contributed by atoms with Gasteiger partial charge in [-0.15, -0.1) is 24.4 Å². The summed E-state index contributed by atoms with van der Waals surface area (Å²) in [7, 11) is 0. The molecule has 0 fully saturated rings. The number of carboxylic acids is 1. The Balaban J connectivity index is 1.83. The first-order valence-corrected chi connectivity index (χ1v) is 11.2. The van der Waals surface area contributed by atoms with Gasteiger partial charge in [-0.2, -0.15) is 0 Å². The highest BCUT2D eigenvalue weighted by Crippen LogP contribution is 2.24. The van der Waals surface area contributed by atoms with Crippen LogP contribution in [0.3, 0.4) is 0 Å². The largest absolute Gasteiger partial charge is 0.478 e. The number of rotatable bonds is 10. The molecule has 31 heavy (non-hydrogen) atoms. The van der Waals surface area contributed by atoms with Gasteiger partial charge in [0.2, 0.25) is 16.9 Å². The third-order valence-corrected chi connectivity index (χ3v) is 5.43. The summed E-state index contributed by atoms with van der Waals surface area (Å²) in [5, 5.41) is 14.2. The number of amides is 2. The molecule has 3 N–H and O–H groups in total. The van der Waals surface area contributed by atoms with Crippen LogP contribution in [0.25, 0.3) is 0 Å². The SMILES string of the molecule is CSc1ccc(NC(=O)CCCCC(=O)Nc2ccc(C)cc2C(=O)S)c(C(=O)O)c1. The maximum Gasteiger partial charge on any atom is 0.337 e. The van der Waals surface area contributed by atoms with Crippen LogP contribution in [0.1, 0.15) is 52.0 Å². The summed E-state index contributed by atoms with van der Waals surface area (Å²) in [6.45, 7) is 1.84. The molecule has 7 nitrogen and oxygen atoms in total. The quantitative estimate of drug-likeness (QED) is 0.234.